The molecule has 0 bridgehead atoms. The van der Waals surface area contributed by atoms with E-state index < -0.39 is 5.60 Å². The largest absolute Gasteiger partial charge is 0.370 e. The molecule has 0 atom stereocenters. The molecule has 1 N–H and O–H groups in total. The number of rotatable bonds is 3. The van der Waals surface area contributed by atoms with Crippen molar-refractivity contribution in [3.63, 3.8) is 0 Å². The van der Waals surface area contributed by atoms with Crippen molar-refractivity contribution in [2.45, 2.75) is 58.5 Å². The molecular weight excluding hydrogens is 240 g/mol. The van der Waals surface area contributed by atoms with Gasteiger partial charge in [-0.1, -0.05) is 13.8 Å². The molecular formula is C15H24N2O2. The predicted octanol–water partition coefficient (Wildman–Crippen LogP) is 2.69. The zero-order chi connectivity index (χ0) is 14.0. The molecule has 2 rings (SSSR count). The number of nitrogens with zero attached hydrogens (tertiary/aromatic N) is 1. The van der Waals surface area contributed by atoms with Gasteiger partial charge in [0.05, 0.1) is 0 Å². The first-order valence-corrected chi connectivity index (χ1v) is 7.18. The van der Waals surface area contributed by atoms with Gasteiger partial charge < -0.3 is 9.72 Å². The molecule has 0 unspecified atom stereocenters. The van der Waals surface area contributed by atoms with Gasteiger partial charge in [0.1, 0.15) is 11.4 Å². The Bertz CT molecular complexity index is 499. The van der Waals surface area contributed by atoms with E-state index in [2.05, 4.69) is 16.9 Å². The molecule has 1 aromatic rings. The lowest BCUT2D eigenvalue weighted by molar-refractivity contribution is -0.0600. The SMILES string of the molecule is CCc1c(C)nc(C2(OC)CCC(C)CC2)[nH]c1=O. The highest BCUT2D eigenvalue weighted by molar-refractivity contribution is 5.19. The van der Waals surface area contributed by atoms with Gasteiger partial charge in [0.2, 0.25) is 0 Å². The second-order valence-electron chi connectivity index (χ2n) is 5.71. The van der Waals surface area contributed by atoms with Gasteiger partial charge in [-0.2, -0.15) is 0 Å². The third-order valence-electron chi connectivity index (χ3n) is 4.48. The van der Waals surface area contributed by atoms with Gasteiger partial charge in [-0.25, -0.2) is 4.98 Å². The highest BCUT2D eigenvalue weighted by Gasteiger charge is 2.38. The number of methoxy groups -OCH3 is 1. The lowest BCUT2D eigenvalue weighted by Crippen LogP contribution is -2.37. The van der Waals surface area contributed by atoms with E-state index in [0.717, 1.165) is 42.9 Å². The summed E-state index contributed by atoms with van der Waals surface area (Å²) < 4.78 is 5.76. The van der Waals surface area contributed by atoms with E-state index in [4.69, 9.17) is 4.74 Å². The van der Waals surface area contributed by atoms with Crippen LogP contribution in [0.3, 0.4) is 0 Å². The van der Waals surface area contributed by atoms with Crippen LogP contribution in [-0.2, 0) is 16.8 Å². The normalized spacial score (nSPS) is 27.5. The molecule has 0 saturated heterocycles. The van der Waals surface area contributed by atoms with Gasteiger partial charge in [0.25, 0.3) is 5.56 Å². The maximum absolute atomic E-state index is 12.1. The minimum absolute atomic E-state index is 0.0138. The Kier molecular flexibility index (Phi) is 4.09. The van der Waals surface area contributed by atoms with Gasteiger partial charge in [-0.05, 0) is 44.9 Å². The molecule has 0 aromatic carbocycles. The summed E-state index contributed by atoms with van der Waals surface area (Å²) in [6, 6.07) is 0. The molecule has 0 amide bonds. The van der Waals surface area contributed by atoms with Crippen molar-refractivity contribution in [3.8, 4) is 0 Å². The van der Waals surface area contributed by atoms with Crippen LogP contribution >= 0.6 is 0 Å². The lowest BCUT2D eigenvalue weighted by atomic mass is 9.79. The minimum atomic E-state index is -0.400. The summed E-state index contributed by atoms with van der Waals surface area (Å²) in [6.45, 7) is 6.15. The fraction of sp³-hybridized carbons (Fsp3) is 0.733. The number of nitrogens with one attached hydrogen (secondary N) is 1. The maximum atomic E-state index is 12.1. The van der Waals surface area contributed by atoms with E-state index in [1.807, 2.05) is 13.8 Å². The van der Waals surface area contributed by atoms with Gasteiger partial charge >= 0.3 is 0 Å². The van der Waals surface area contributed by atoms with Crippen molar-refractivity contribution in [1.82, 2.24) is 9.97 Å². The average Bonchev–Trinajstić information content (AvgIpc) is 2.39. The Morgan fingerprint density at radius 2 is 2.05 bits per heavy atom. The number of aryl methyl sites for hydroxylation is 1. The molecule has 1 aliphatic carbocycles. The molecule has 1 fully saturated rings. The Labute approximate surface area is 114 Å². The van der Waals surface area contributed by atoms with Crippen LogP contribution in [0.1, 0.15) is 56.6 Å². The molecule has 0 aliphatic heterocycles. The van der Waals surface area contributed by atoms with E-state index in [1.54, 1.807) is 7.11 Å². The molecule has 1 aliphatic rings. The van der Waals surface area contributed by atoms with Gasteiger partial charge in [0.15, 0.2) is 0 Å². The predicted molar refractivity (Wildman–Crippen MR) is 75.3 cm³/mol. The zero-order valence-corrected chi connectivity index (χ0v) is 12.4. The Morgan fingerprint density at radius 3 is 2.53 bits per heavy atom. The molecule has 1 saturated carbocycles. The highest BCUT2D eigenvalue weighted by atomic mass is 16.5. The van der Waals surface area contributed by atoms with E-state index in [1.165, 1.54) is 0 Å². The molecule has 19 heavy (non-hydrogen) atoms. The highest BCUT2D eigenvalue weighted by Crippen LogP contribution is 2.40. The summed E-state index contributed by atoms with van der Waals surface area (Å²) in [5.74, 6) is 1.44. The summed E-state index contributed by atoms with van der Waals surface area (Å²) in [5.41, 5.74) is 1.19. The van der Waals surface area contributed by atoms with Crippen LogP contribution in [0, 0.1) is 12.8 Å². The van der Waals surface area contributed by atoms with E-state index >= 15 is 0 Å². The molecule has 1 heterocycles. The first kappa shape index (κ1) is 14.3. The Morgan fingerprint density at radius 1 is 1.42 bits per heavy atom. The number of aromatic nitrogens is 2. The van der Waals surface area contributed by atoms with Crippen LogP contribution < -0.4 is 5.56 Å². The van der Waals surface area contributed by atoms with Crippen molar-refractivity contribution in [2.24, 2.45) is 5.92 Å². The first-order valence-electron chi connectivity index (χ1n) is 7.18. The second kappa shape index (κ2) is 5.45. The third kappa shape index (κ3) is 2.59. The van der Waals surface area contributed by atoms with Crippen molar-refractivity contribution in [3.05, 3.63) is 27.4 Å². The fourth-order valence-electron chi connectivity index (χ4n) is 3.01. The maximum Gasteiger partial charge on any atom is 0.254 e. The van der Waals surface area contributed by atoms with E-state index in [0.29, 0.717) is 12.2 Å². The van der Waals surface area contributed by atoms with Gasteiger partial charge in [0, 0.05) is 18.4 Å². The van der Waals surface area contributed by atoms with Gasteiger partial charge in [-0.3, -0.25) is 4.79 Å². The standard InChI is InChI=1S/C15H24N2O2/c1-5-12-11(3)16-14(17-13(12)18)15(19-4)8-6-10(2)7-9-15/h10H,5-9H2,1-4H3,(H,16,17,18). The van der Waals surface area contributed by atoms with Gasteiger partial charge in [-0.15, -0.1) is 0 Å². The number of H-pyrrole nitrogens is 1. The fourth-order valence-corrected chi connectivity index (χ4v) is 3.01. The Balaban J connectivity index is 2.42. The summed E-state index contributed by atoms with van der Waals surface area (Å²) in [6.07, 6.45) is 4.81. The van der Waals surface area contributed by atoms with Crippen molar-refractivity contribution < 1.29 is 4.74 Å². The molecule has 0 radical (unpaired) electrons. The smallest absolute Gasteiger partial charge is 0.254 e. The van der Waals surface area contributed by atoms with Crippen LogP contribution in [-0.4, -0.2) is 17.1 Å². The summed E-state index contributed by atoms with van der Waals surface area (Å²) in [4.78, 5) is 19.7. The summed E-state index contributed by atoms with van der Waals surface area (Å²) >= 11 is 0. The number of hydrogen-bond donors (Lipinski definition) is 1. The minimum Gasteiger partial charge on any atom is -0.370 e. The van der Waals surface area contributed by atoms with Crippen molar-refractivity contribution in [2.75, 3.05) is 7.11 Å². The van der Waals surface area contributed by atoms with Crippen LogP contribution in [0.25, 0.3) is 0 Å². The monoisotopic (exact) mass is 264 g/mol. The van der Waals surface area contributed by atoms with Crippen LogP contribution in [0.15, 0.2) is 4.79 Å². The van der Waals surface area contributed by atoms with E-state index in [9.17, 15) is 4.79 Å². The molecule has 4 heteroatoms. The van der Waals surface area contributed by atoms with Crippen molar-refractivity contribution >= 4 is 0 Å². The third-order valence-corrected chi connectivity index (χ3v) is 4.48. The van der Waals surface area contributed by atoms with Crippen LogP contribution in [0.4, 0.5) is 0 Å². The molecule has 0 spiro atoms. The van der Waals surface area contributed by atoms with E-state index in [-0.39, 0.29) is 5.56 Å². The number of hydrogen-bond acceptors (Lipinski definition) is 3. The first-order chi connectivity index (χ1) is 9.02. The molecule has 1 aromatic heterocycles. The quantitative estimate of drug-likeness (QED) is 0.913. The number of ether oxygens (including phenoxy) is 1. The average molecular weight is 264 g/mol. The van der Waals surface area contributed by atoms with Crippen molar-refractivity contribution in [1.29, 1.82) is 0 Å². The zero-order valence-electron chi connectivity index (χ0n) is 12.4. The second-order valence-corrected chi connectivity index (χ2v) is 5.71. The topological polar surface area (TPSA) is 55.0 Å². The molecule has 4 nitrogen and oxygen atoms in total. The van der Waals surface area contributed by atoms with Crippen LogP contribution in [0.2, 0.25) is 0 Å². The molecule has 106 valence electrons. The summed E-state index contributed by atoms with van der Waals surface area (Å²) in [7, 11) is 1.72. The lowest BCUT2D eigenvalue weighted by Gasteiger charge is -2.37. The number of aromatic amines is 1. The van der Waals surface area contributed by atoms with Crippen LogP contribution in [0.5, 0.6) is 0 Å². The Hall–Kier alpha value is -1.16. The summed E-state index contributed by atoms with van der Waals surface area (Å²) in [5, 5.41) is 0.